The lowest BCUT2D eigenvalue weighted by Crippen LogP contribution is -2.07. The summed E-state index contributed by atoms with van der Waals surface area (Å²) >= 11 is 0. The van der Waals surface area contributed by atoms with Crippen molar-refractivity contribution in [3.05, 3.63) is 200 Å². The van der Waals surface area contributed by atoms with Gasteiger partial charge in [-0.3, -0.25) is 4.57 Å². The summed E-state index contributed by atoms with van der Waals surface area (Å²) in [6.45, 7) is 0. The van der Waals surface area contributed by atoms with E-state index in [1.54, 1.807) is 0 Å². The fourth-order valence-corrected chi connectivity index (χ4v) is 7.98. The van der Waals surface area contributed by atoms with Crippen molar-refractivity contribution in [2.45, 2.75) is 0 Å². The van der Waals surface area contributed by atoms with Gasteiger partial charge in [-0.1, -0.05) is 182 Å². The summed E-state index contributed by atoms with van der Waals surface area (Å²) in [5.41, 5.74) is 8.63. The molecule has 262 valence electrons. The molecule has 0 aliphatic carbocycles. The second kappa shape index (κ2) is 13.0. The molecule has 11 aromatic rings. The van der Waals surface area contributed by atoms with Crippen molar-refractivity contribution in [1.82, 2.24) is 24.1 Å². The van der Waals surface area contributed by atoms with Crippen LogP contribution in [0.2, 0.25) is 0 Å². The van der Waals surface area contributed by atoms with Crippen LogP contribution in [0.15, 0.2) is 200 Å². The van der Waals surface area contributed by atoms with Gasteiger partial charge in [-0.25, -0.2) is 4.98 Å². The number of hydrogen-bond donors (Lipinski definition) is 0. The SMILES string of the molecule is [2H]c1c([2H])c([2H])c(-c2ccc(-c3ccccc3)c(-n3c4ccccc4c4ccc5c6ccccc6n(-c6nc(-c7ccccc7)nc(-c7ccccc7)n6)c5c43)c2)c([2H])c1[2H]. The van der Waals surface area contributed by atoms with Crippen LogP contribution in [0.5, 0.6) is 0 Å². The molecule has 11 rings (SSSR count). The molecular formula is C51H33N5. The van der Waals surface area contributed by atoms with Crippen molar-refractivity contribution < 1.29 is 6.85 Å². The topological polar surface area (TPSA) is 48.5 Å². The maximum Gasteiger partial charge on any atom is 0.238 e. The van der Waals surface area contributed by atoms with E-state index in [0.717, 1.165) is 71.6 Å². The molecule has 0 spiro atoms. The summed E-state index contributed by atoms with van der Waals surface area (Å²) in [5, 5.41) is 4.04. The van der Waals surface area contributed by atoms with Gasteiger partial charge in [-0.2, -0.15) is 9.97 Å². The van der Waals surface area contributed by atoms with Gasteiger partial charge in [0.25, 0.3) is 0 Å². The predicted octanol–water partition coefficient (Wildman–Crippen LogP) is 12.7. The van der Waals surface area contributed by atoms with Crippen LogP contribution in [0.25, 0.3) is 100 Å². The van der Waals surface area contributed by atoms with E-state index in [9.17, 15) is 0 Å². The van der Waals surface area contributed by atoms with Crippen LogP contribution in [0.3, 0.4) is 0 Å². The first kappa shape index (κ1) is 27.0. The molecule has 5 heteroatoms. The molecule has 3 aromatic heterocycles. The molecule has 8 aromatic carbocycles. The smallest absolute Gasteiger partial charge is 0.238 e. The van der Waals surface area contributed by atoms with Crippen molar-refractivity contribution in [1.29, 1.82) is 0 Å². The molecular weight excluding hydrogens is 683 g/mol. The Morgan fingerprint density at radius 3 is 1.46 bits per heavy atom. The largest absolute Gasteiger partial charge is 0.307 e. The van der Waals surface area contributed by atoms with E-state index in [-0.39, 0.29) is 29.7 Å². The molecule has 0 aliphatic rings. The number of aromatic nitrogens is 5. The molecule has 0 radical (unpaired) electrons. The molecule has 0 bridgehead atoms. The minimum absolute atomic E-state index is 0.138. The Labute approximate surface area is 330 Å². The standard InChI is InChI=1S/C51H33N5/c1-5-17-34(18-6-1)38-29-30-39(35-19-7-2-8-20-35)46(33-38)55-44-27-15-13-25-40(44)42-31-32-43-41-26-14-16-28-45(41)56(48(43)47(42)55)51-53-49(36-21-9-3-10-22-36)52-50(54-51)37-23-11-4-12-24-37/h1-33H/i1D,5D,6D,17D,18D. The number of fused-ring (bicyclic) bond motifs is 7. The predicted molar refractivity (Wildman–Crippen MR) is 230 cm³/mol. The van der Waals surface area contributed by atoms with Crippen LogP contribution >= 0.6 is 0 Å². The molecule has 0 fully saturated rings. The van der Waals surface area contributed by atoms with Crippen molar-refractivity contribution in [2.75, 3.05) is 0 Å². The Balaban J connectivity index is 1.31. The molecule has 0 amide bonds. The fraction of sp³-hybridized carbons (Fsp3) is 0. The minimum Gasteiger partial charge on any atom is -0.307 e. The Morgan fingerprint density at radius 1 is 0.375 bits per heavy atom. The number of para-hydroxylation sites is 2. The lowest BCUT2D eigenvalue weighted by Gasteiger charge is -2.17. The number of nitrogens with zero attached hydrogens (tertiary/aromatic N) is 5. The molecule has 0 saturated heterocycles. The van der Waals surface area contributed by atoms with Crippen LogP contribution in [-0.4, -0.2) is 24.1 Å². The highest BCUT2D eigenvalue weighted by Crippen LogP contribution is 2.44. The van der Waals surface area contributed by atoms with Crippen LogP contribution in [0.4, 0.5) is 0 Å². The van der Waals surface area contributed by atoms with E-state index in [1.165, 1.54) is 0 Å². The third-order valence-corrected chi connectivity index (χ3v) is 10.5. The van der Waals surface area contributed by atoms with Crippen LogP contribution in [-0.2, 0) is 0 Å². The molecule has 0 saturated carbocycles. The normalized spacial score (nSPS) is 12.8. The molecule has 0 unspecified atom stereocenters. The maximum absolute atomic E-state index is 8.95. The van der Waals surface area contributed by atoms with E-state index >= 15 is 0 Å². The van der Waals surface area contributed by atoms with Gasteiger partial charge in [0.2, 0.25) is 5.95 Å². The molecule has 3 heterocycles. The Kier molecular flexibility index (Phi) is 6.29. The summed E-state index contributed by atoms with van der Waals surface area (Å²) in [6.07, 6.45) is 0. The van der Waals surface area contributed by atoms with Gasteiger partial charge >= 0.3 is 0 Å². The van der Waals surface area contributed by atoms with Gasteiger partial charge < -0.3 is 4.57 Å². The van der Waals surface area contributed by atoms with E-state index in [1.807, 2.05) is 121 Å². The number of rotatable bonds is 6. The third kappa shape index (κ3) is 5.13. The first-order chi connectivity index (χ1) is 29.9. The van der Waals surface area contributed by atoms with E-state index < -0.39 is 6.04 Å². The quantitative estimate of drug-likeness (QED) is 0.172. The Bertz CT molecular complexity index is 3440. The third-order valence-electron chi connectivity index (χ3n) is 10.5. The highest BCUT2D eigenvalue weighted by molar-refractivity contribution is 6.24. The second-order valence-corrected chi connectivity index (χ2v) is 13.7. The molecule has 0 atom stereocenters. The second-order valence-electron chi connectivity index (χ2n) is 13.7. The average molecular weight is 721 g/mol. The summed E-state index contributed by atoms with van der Waals surface area (Å²) < 4.78 is 47.6. The van der Waals surface area contributed by atoms with Crippen molar-refractivity contribution in [3.63, 3.8) is 0 Å². The van der Waals surface area contributed by atoms with Crippen LogP contribution < -0.4 is 0 Å². The van der Waals surface area contributed by atoms with Crippen LogP contribution in [0.1, 0.15) is 6.85 Å². The van der Waals surface area contributed by atoms with Crippen molar-refractivity contribution >= 4 is 43.6 Å². The van der Waals surface area contributed by atoms with E-state index in [2.05, 4.69) is 57.7 Å². The zero-order valence-corrected chi connectivity index (χ0v) is 29.9. The molecule has 0 aliphatic heterocycles. The molecule has 5 nitrogen and oxygen atoms in total. The van der Waals surface area contributed by atoms with Gasteiger partial charge in [0.1, 0.15) is 0 Å². The van der Waals surface area contributed by atoms with Gasteiger partial charge in [0, 0.05) is 38.2 Å². The van der Waals surface area contributed by atoms with Crippen molar-refractivity contribution in [2.24, 2.45) is 0 Å². The first-order valence-corrected chi connectivity index (χ1v) is 18.5. The van der Waals surface area contributed by atoms with Gasteiger partial charge in [-0.15, -0.1) is 0 Å². The van der Waals surface area contributed by atoms with Crippen molar-refractivity contribution in [3.8, 4) is 56.7 Å². The molecule has 0 N–H and O–H groups in total. The minimum atomic E-state index is -0.429. The Hall–Kier alpha value is -7.63. The average Bonchev–Trinajstić information content (AvgIpc) is 3.84. The summed E-state index contributed by atoms with van der Waals surface area (Å²) in [4.78, 5) is 15.5. The Morgan fingerprint density at radius 2 is 0.875 bits per heavy atom. The summed E-state index contributed by atoms with van der Waals surface area (Å²) in [6, 6.07) is 55.0. The summed E-state index contributed by atoms with van der Waals surface area (Å²) in [5.74, 6) is 1.54. The van der Waals surface area contributed by atoms with Crippen LogP contribution in [0, 0.1) is 0 Å². The number of benzene rings is 8. The van der Waals surface area contributed by atoms with E-state index in [4.69, 9.17) is 21.8 Å². The van der Waals surface area contributed by atoms with Gasteiger partial charge in [0.15, 0.2) is 11.6 Å². The maximum atomic E-state index is 8.95. The highest BCUT2D eigenvalue weighted by atomic mass is 15.2. The fourth-order valence-electron chi connectivity index (χ4n) is 7.98. The van der Waals surface area contributed by atoms with Gasteiger partial charge in [-0.05, 0) is 34.9 Å². The monoisotopic (exact) mass is 720 g/mol. The zero-order valence-electron chi connectivity index (χ0n) is 34.9. The zero-order chi connectivity index (χ0) is 41.4. The highest BCUT2D eigenvalue weighted by Gasteiger charge is 2.24. The van der Waals surface area contributed by atoms with E-state index in [0.29, 0.717) is 23.2 Å². The number of hydrogen-bond acceptors (Lipinski definition) is 3. The first-order valence-electron chi connectivity index (χ1n) is 21.0. The lowest BCUT2D eigenvalue weighted by molar-refractivity contribution is 0.953. The summed E-state index contributed by atoms with van der Waals surface area (Å²) in [7, 11) is 0. The van der Waals surface area contributed by atoms with Gasteiger partial charge in [0.05, 0.1) is 34.6 Å². The lowest BCUT2D eigenvalue weighted by atomic mass is 9.98. The molecule has 56 heavy (non-hydrogen) atoms.